The highest BCUT2D eigenvalue weighted by Gasteiger charge is 2.33. The number of halogens is 5. The van der Waals surface area contributed by atoms with E-state index in [1.165, 1.54) is 6.07 Å². The van der Waals surface area contributed by atoms with E-state index in [2.05, 4.69) is 14.9 Å². The zero-order valence-corrected chi connectivity index (χ0v) is 13.9. The van der Waals surface area contributed by atoms with Crippen LogP contribution in [0.4, 0.5) is 19.0 Å². The number of nitrogens with zero attached hydrogens (tertiary/aromatic N) is 3. The third kappa shape index (κ3) is 2.86. The van der Waals surface area contributed by atoms with Crippen LogP contribution < -0.4 is 5.56 Å². The number of aromatic amines is 1. The monoisotopic (exact) mass is 386 g/mol. The normalized spacial score (nSPS) is 11.7. The number of fused-ring (bicyclic) bond motifs is 1. The molecule has 1 aromatic carbocycles. The number of hydrogen-bond donors (Lipinski definition) is 1. The van der Waals surface area contributed by atoms with E-state index in [1.807, 2.05) is 0 Å². The molecule has 0 saturated heterocycles. The van der Waals surface area contributed by atoms with E-state index in [-0.39, 0.29) is 27.2 Å². The average molecular weight is 387 g/mol. The van der Waals surface area contributed by atoms with Gasteiger partial charge in [-0.15, -0.1) is 4.68 Å². The maximum Gasteiger partial charge on any atom is 0.416 e. The first-order chi connectivity index (χ1) is 11.6. The van der Waals surface area contributed by atoms with E-state index in [0.29, 0.717) is 23.1 Å². The number of pyridine rings is 1. The summed E-state index contributed by atoms with van der Waals surface area (Å²) in [5, 5.41) is 3.77. The quantitative estimate of drug-likeness (QED) is 0.604. The molecule has 0 radical (unpaired) electrons. The molecule has 0 spiro atoms. The Kier molecular flexibility index (Phi) is 4.01. The number of hydrogen-bond acceptors (Lipinski definition) is 2. The molecule has 0 bridgehead atoms. The van der Waals surface area contributed by atoms with Crippen molar-refractivity contribution in [1.82, 2.24) is 14.8 Å². The van der Waals surface area contributed by atoms with Crippen molar-refractivity contribution >= 4 is 40.1 Å². The summed E-state index contributed by atoms with van der Waals surface area (Å²) in [6.07, 6.45) is -4.62. The van der Waals surface area contributed by atoms with Crippen LogP contribution in [0.3, 0.4) is 0 Å². The second-order valence-electron chi connectivity index (χ2n) is 5.17. The molecule has 1 N–H and O–H groups in total. The van der Waals surface area contributed by atoms with Crippen molar-refractivity contribution in [2.75, 3.05) is 0 Å². The summed E-state index contributed by atoms with van der Waals surface area (Å²) in [6.45, 7) is 8.84. The van der Waals surface area contributed by atoms with Gasteiger partial charge in [-0.3, -0.25) is 4.79 Å². The second kappa shape index (κ2) is 5.79. The molecule has 0 amide bonds. The lowest BCUT2D eigenvalue weighted by Gasteiger charge is -2.11. The molecular formula is C15H7Cl2F3N4O. The van der Waals surface area contributed by atoms with E-state index in [0.717, 1.165) is 4.68 Å². The highest BCUT2D eigenvalue weighted by Crippen LogP contribution is 2.39. The SMILES string of the molecule is [C-]#[N+]c1nn(-c2c(Cl)cc(C(F)(F)F)cc2Cl)c2[nH]c(=O)cc(C)c12. The van der Waals surface area contributed by atoms with Crippen LogP contribution in [-0.2, 0) is 6.18 Å². The van der Waals surface area contributed by atoms with Crippen LogP contribution in [0.5, 0.6) is 0 Å². The van der Waals surface area contributed by atoms with Gasteiger partial charge in [0.1, 0.15) is 5.69 Å². The Morgan fingerprint density at radius 2 is 1.84 bits per heavy atom. The summed E-state index contributed by atoms with van der Waals surface area (Å²) >= 11 is 12.0. The highest BCUT2D eigenvalue weighted by atomic mass is 35.5. The molecule has 0 aliphatic rings. The Labute approximate surface area is 148 Å². The third-order valence-corrected chi connectivity index (χ3v) is 4.09. The zero-order chi connectivity index (χ0) is 18.5. The minimum Gasteiger partial charge on any atom is -0.358 e. The summed E-state index contributed by atoms with van der Waals surface area (Å²) in [6, 6.07) is 2.71. The van der Waals surface area contributed by atoms with Crippen molar-refractivity contribution in [1.29, 1.82) is 0 Å². The van der Waals surface area contributed by atoms with Crippen molar-refractivity contribution in [2.45, 2.75) is 13.1 Å². The molecule has 0 saturated carbocycles. The molecule has 0 fully saturated rings. The van der Waals surface area contributed by atoms with Gasteiger partial charge >= 0.3 is 12.0 Å². The van der Waals surface area contributed by atoms with Gasteiger partial charge < -0.3 is 9.83 Å². The molecule has 0 atom stereocenters. The fraction of sp³-hybridized carbons (Fsp3) is 0.133. The van der Waals surface area contributed by atoms with Gasteiger partial charge in [0.2, 0.25) is 5.56 Å². The van der Waals surface area contributed by atoms with Gasteiger partial charge in [-0.1, -0.05) is 29.8 Å². The smallest absolute Gasteiger partial charge is 0.358 e. The van der Waals surface area contributed by atoms with Gasteiger partial charge in [0, 0.05) is 6.07 Å². The summed E-state index contributed by atoms with van der Waals surface area (Å²) in [7, 11) is 0. The number of alkyl halides is 3. The lowest BCUT2D eigenvalue weighted by Crippen LogP contribution is -2.10. The van der Waals surface area contributed by atoms with Crippen LogP contribution in [0, 0.1) is 13.5 Å². The van der Waals surface area contributed by atoms with Gasteiger partial charge in [-0.2, -0.15) is 13.2 Å². The number of H-pyrrole nitrogens is 1. The Balaban J connectivity index is 2.39. The van der Waals surface area contributed by atoms with Crippen LogP contribution in [-0.4, -0.2) is 14.8 Å². The van der Waals surface area contributed by atoms with Crippen molar-refractivity contribution < 1.29 is 13.2 Å². The Bertz CT molecular complexity index is 1090. The Hall–Kier alpha value is -2.50. The molecule has 25 heavy (non-hydrogen) atoms. The van der Waals surface area contributed by atoms with Gasteiger partial charge in [0.05, 0.1) is 21.0 Å². The molecule has 0 aliphatic heterocycles. The van der Waals surface area contributed by atoms with Gasteiger partial charge in [0.15, 0.2) is 5.65 Å². The predicted octanol–water partition coefficient (Wildman–Crippen LogP) is 4.90. The number of nitrogens with one attached hydrogen (secondary N) is 1. The van der Waals surface area contributed by atoms with E-state index in [1.54, 1.807) is 6.92 Å². The number of rotatable bonds is 1. The highest BCUT2D eigenvalue weighted by molar-refractivity contribution is 6.38. The van der Waals surface area contributed by atoms with E-state index >= 15 is 0 Å². The van der Waals surface area contributed by atoms with Crippen LogP contribution >= 0.6 is 23.2 Å². The number of aromatic nitrogens is 3. The molecule has 0 unspecified atom stereocenters. The molecule has 3 rings (SSSR count). The van der Waals surface area contributed by atoms with Crippen LogP contribution in [0.2, 0.25) is 10.0 Å². The van der Waals surface area contributed by atoms with E-state index in [4.69, 9.17) is 29.8 Å². The molecular weight excluding hydrogens is 380 g/mol. The Morgan fingerprint density at radius 1 is 1.24 bits per heavy atom. The lowest BCUT2D eigenvalue weighted by molar-refractivity contribution is -0.137. The largest absolute Gasteiger partial charge is 0.416 e. The molecule has 2 heterocycles. The first-order valence-corrected chi connectivity index (χ1v) is 7.46. The summed E-state index contributed by atoms with van der Waals surface area (Å²) < 4.78 is 39.7. The molecule has 3 aromatic rings. The van der Waals surface area contributed by atoms with Gasteiger partial charge in [-0.05, 0) is 29.7 Å². The topological polar surface area (TPSA) is 55.0 Å². The van der Waals surface area contributed by atoms with Gasteiger partial charge in [0.25, 0.3) is 0 Å². The second-order valence-corrected chi connectivity index (χ2v) is 5.99. The minimum atomic E-state index is -4.62. The van der Waals surface area contributed by atoms with Crippen molar-refractivity contribution in [3.05, 3.63) is 61.1 Å². The first-order valence-electron chi connectivity index (χ1n) is 6.70. The van der Waals surface area contributed by atoms with Crippen molar-refractivity contribution in [2.24, 2.45) is 0 Å². The zero-order valence-electron chi connectivity index (χ0n) is 12.4. The average Bonchev–Trinajstić information content (AvgIpc) is 2.84. The number of benzene rings is 1. The maximum absolute atomic E-state index is 12.9. The lowest BCUT2D eigenvalue weighted by atomic mass is 10.2. The van der Waals surface area contributed by atoms with Crippen LogP contribution in [0.1, 0.15) is 11.1 Å². The molecule has 0 aliphatic carbocycles. The molecule has 10 heteroatoms. The van der Waals surface area contributed by atoms with Gasteiger partial charge in [-0.25, -0.2) is 0 Å². The summed E-state index contributed by atoms with van der Waals surface area (Å²) in [5.74, 6) is -0.0317. The van der Waals surface area contributed by atoms with E-state index < -0.39 is 17.3 Å². The third-order valence-electron chi connectivity index (χ3n) is 3.51. The number of aryl methyl sites for hydroxylation is 1. The van der Waals surface area contributed by atoms with Crippen molar-refractivity contribution in [3.8, 4) is 5.69 Å². The fourth-order valence-corrected chi connectivity index (χ4v) is 3.13. The molecule has 128 valence electrons. The minimum absolute atomic E-state index is 0.0317. The first kappa shape index (κ1) is 17.3. The fourth-order valence-electron chi connectivity index (χ4n) is 2.48. The summed E-state index contributed by atoms with van der Waals surface area (Å²) in [5.41, 5.74) is -0.910. The molecule has 2 aromatic heterocycles. The maximum atomic E-state index is 12.9. The van der Waals surface area contributed by atoms with Crippen LogP contribution in [0.15, 0.2) is 23.0 Å². The summed E-state index contributed by atoms with van der Waals surface area (Å²) in [4.78, 5) is 17.5. The molecule has 5 nitrogen and oxygen atoms in total. The van der Waals surface area contributed by atoms with E-state index in [9.17, 15) is 18.0 Å². The van der Waals surface area contributed by atoms with Crippen LogP contribution in [0.25, 0.3) is 21.6 Å². The standard InChI is InChI=1S/C15H7Cl2F3N4O/c1-6-3-10(25)22-14-11(6)13(21-2)23-24(14)12-8(16)4-7(5-9(12)17)15(18,19)20/h3-5H,1H3,(H,22,25). The predicted molar refractivity (Wildman–Crippen MR) is 87.7 cm³/mol. The Morgan fingerprint density at radius 3 is 2.36 bits per heavy atom. The van der Waals surface area contributed by atoms with Crippen molar-refractivity contribution in [3.63, 3.8) is 0 Å².